The van der Waals surface area contributed by atoms with Crippen LogP contribution in [0.25, 0.3) is 0 Å². The predicted octanol–water partition coefficient (Wildman–Crippen LogP) is 3.01. The number of thioether (sulfide) groups is 1. The fourth-order valence-corrected chi connectivity index (χ4v) is 3.05. The summed E-state index contributed by atoms with van der Waals surface area (Å²) in [5.74, 6) is 1.39. The monoisotopic (exact) mass is 235 g/mol. The van der Waals surface area contributed by atoms with Gasteiger partial charge in [0.25, 0.3) is 0 Å². The molecule has 1 saturated heterocycles. The molecule has 16 heavy (non-hydrogen) atoms. The van der Waals surface area contributed by atoms with E-state index in [0.29, 0.717) is 11.7 Å². The summed E-state index contributed by atoms with van der Waals surface area (Å²) in [4.78, 5) is 13.3. The molecule has 1 atom stereocenters. The molecule has 0 N–H and O–H groups in total. The zero-order valence-corrected chi connectivity index (χ0v) is 10.8. The van der Waals surface area contributed by atoms with Crippen LogP contribution < -0.4 is 0 Å². The molecule has 0 aliphatic carbocycles. The van der Waals surface area contributed by atoms with Crippen molar-refractivity contribution in [2.24, 2.45) is 0 Å². The van der Waals surface area contributed by atoms with Crippen LogP contribution in [-0.2, 0) is 4.79 Å². The molecule has 86 valence electrons. The summed E-state index contributed by atoms with van der Waals surface area (Å²) in [6.45, 7) is 4.38. The van der Waals surface area contributed by atoms with Crippen molar-refractivity contribution in [3.05, 3.63) is 35.4 Å². The third kappa shape index (κ3) is 2.09. The third-order valence-electron chi connectivity index (χ3n) is 3.00. The summed E-state index contributed by atoms with van der Waals surface area (Å²) < 4.78 is 0. The fraction of sp³-hybridized carbons (Fsp3) is 0.462. The molecule has 0 bridgehead atoms. The lowest BCUT2D eigenvalue weighted by Gasteiger charge is -2.19. The zero-order chi connectivity index (χ0) is 11.7. The van der Waals surface area contributed by atoms with Crippen molar-refractivity contribution < 1.29 is 4.79 Å². The second kappa shape index (κ2) is 4.50. The maximum Gasteiger partial charge on any atom is 0.233 e. The van der Waals surface area contributed by atoms with Crippen LogP contribution in [0.1, 0.15) is 36.3 Å². The van der Waals surface area contributed by atoms with E-state index in [1.807, 2.05) is 11.9 Å². The molecule has 1 fully saturated rings. The summed E-state index contributed by atoms with van der Waals surface area (Å²) in [6.07, 6.45) is 0. The first kappa shape index (κ1) is 11.5. The van der Waals surface area contributed by atoms with Gasteiger partial charge in [-0.05, 0) is 17.0 Å². The topological polar surface area (TPSA) is 20.3 Å². The van der Waals surface area contributed by atoms with Gasteiger partial charge in [-0.1, -0.05) is 38.1 Å². The normalized spacial score (nSPS) is 20.9. The van der Waals surface area contributed by atoms with E-state index in [4.69, 9.17) is 0 Å². The number of benzene rings is 1. The highest BCUT2D eigenvalue weighted by Crippen LogP contribution is 2.37. The van der Waals surface area contributed by atoms with E-state index < -0.39 is 0 Å². The quantitative estimate of drug-likeness (QED) is 0.785. The average Bonchev–Trinajstić information content (AvgIpc) is 2.60. The van der Waals surface area contributed by atoms with Gasteiger partial charge in [0, 0.05) is 7.05 Å². The molecule has 0 unspecified atom stereocenters. The van der Waals surface area contributed by atoms with Crippen LogP contribution in [0.3, 0.4) is 0 Å². The van der Waals surface area contributed by atoms with Crippen LogP contribution in [0.5, 0.6) is 0 Å². The van der Waals surface area contributed by atoms with Crippen LogP contribution in [-0.4, -0.2) is 23.6 Å². The molecule has 3 heteroatoms. The molecule has 0 aromatic heterocycles. The standard InChI is InChI=1S/C13H17NOS/c1-9(2)10-4-6-11(7-5-10)13-14(3)12(15)8-16-13/h4-7,9,13H,8H2,1-3H3/t13-/m0/s1. The molecule has 1 aromatic rings. The van der Waals surface area contributed by atoms with Gasteiger partial charge in [-0.25, -0.2) is 0 Å². The lowest BCUT2D eigenvalue weighted by Crippen LogP contribution is -2.22. The first-order valence-corrected chi connectivity index (χ1v) is 6.61. The van der Waals surface area contributed by atoms with Crippen molar-refractivity contribution in [1.82, 2.24) is 4.90 Å². The predicted molar refractivity (Wildman–Crippen MR) is 68.5 cm³/mol. The average molecular weight is 235 g/mol. The van der Waals surface area contributed by atoms with Crippen LogP contribution in [0.4, 0.5) is 0 Å². The van der Waals surface area contributed by atoms with Crippen molar-refractivity contribution in [3.63, 3.8) is 0 Å². The number of carbonyl (C=O) groups is 1. The maximum absolute atomic E-state index is 11.4. The zero-order valence-electron chi connectivity index (χ0n) is 9.93. The number of hydrogen-bond acceptors (Lipinski definition) is 2. The minimum atomic E-state index is 0.203. The molecule has 0 saturated carbocycles. The SMILES string of the molecule is CC(C)c1ccc([C@@H]2SCC(=O)N2C)cc1. The van der Waals surface area contributed by atoms with Crippen LogP contribution >= 0.6 is 11.8 Å². The maximum atomic E-state index is 11.4. The van der Waals surface area contributed by atoms with E-state index in [2.05, 4.69) is 38.1 Å². The largest absolute Gasteiger partial charge is 0.329 e. The molecule has 1 aliphatic heterocycles. The van der Waals surface area contributed by atoms with E-state index in [9.17, 15) is 4.79 Å². The van der Waals surface area contributed by atoms with E-state index in [0.717, 1.165) is 0 Å². The second-order valence-electron chi connectivity index (χ2n) is 4.49. The van der Waals surface area contributed by atoms with E-state index in [-0.39, 0.29) is 11.3 Å². The summed E-state index contributed by atoms with van der Waals surface area (Å²) in [6, 6.07) is 8.61. The van der Waals surface area contributed by atoms with Gasteiger partial charge < -0.3 is 4.90 Å². The fourth-order valence-electron chi connectivity index (χ4n) is 1.86. The minimum Gasteiger partial charge on any atom is -0.329 e. The Morgan fingerprint density at radius 2 is 1.94 bits per heavy atom. The Labute approximate surface area is 101 Å². The molecular weight excluding hydrogens is 218 g/mol. The van der Waals surface area contributed by atoms with Gasteiger partial charge in [-0.2, -0.15) is 0 Å². The second-order valence-corrected chi connectivity index (χ2v) is 5.56. The van der Waals surface area contributed by atoms with Crippen LogP contribution in [0.15, 0.2) is 24.3 Å². The van der Waals surface area contributed by atoms with Crippen molar-refractivity contribution in [2.75, 3.05) is 12.8 Å². The molecule has 1 aliphatic rings. The van der Waals surface area contributed by atoms with E-state index >= 15 is 0 Å². The van der Waals surface area contributed by atoms with Gasteiger partial charge in [0.05, 0.1) is 5.75 Å². The number of nitrogens with zero attached hydrogens (tertiary/aromatic N) is 1. The van der Waals surface area contributed by atoms with Crippen molar-refractivity contribution in [1.29, 1.82) is 0 Å². The van der Waals surface area contributed by atoms with Gasteiger partial charge in [0.2, 0.25) is 5.91 Å². The molecule has 1 heterocycles. The first-order valence-electron chi connectivity index (χ1n) is 5.56. The highest BCUT2D eigenvalue weighted by molar-refractivity contribution is 8.00. The van der Waals surface area contributed by atoms with Crippen molar-refractivity contribution in [2.45, 2.75) is 25.1 Å². The van der Waals surface area contributed by atoms with Crippen molar-refractivity contribution in [3.8, 4) is 0 Å². The Morgan fingerprint density at radius 3 is 2.38 bits per heavy atom. The summed E-state index contributed by atoms with van der Waals surface area (Å²) in [5.41, 5.74) is 2.57. The Bertz CT molecular complexity index is 385. The van der Waals surface area contributed by atoms with Gasteiger partial charge >= 0.3 is 0 Å². The van der Waals surface area contributed by atoms with E-state index in [1.165, 1.54) is 11.1 Å². The summed E-state index contributed by atoms with van der Waals surface area (Å²) >= 11 is 1.70. The van der Waals surface area contributed by atoms with Crippen LogP contribution in [0.2, 0.25) is 0 Å². The van der Waals surface area contributed by atoms with Gasteiger partial charge in [-0.15, -0.1) is 11.8 Å². The van der Waals surface area contributed by atoms with E-state index in [1.54, 1.807) is 11.8 Å². The van der Waals surface area contributed by atoms with Crippen molar-refractivity contribution >= 4 is 17.7 Å². The highest BCUT2D eigenvalue weighted by atomic mass is 32.2. The number of carbonyl (C=O) groups excluding carboxylic acids is 1. The summed E-state index contributed by atoms with van der Waals surface area (Å²) in [5, 5.41) is 0.203. The number of amides is 1. The van der Waals surface area contributed by atoms with Gasteiger partial charge in [-0.3, -0.25) is 4.79 Å². The molecule has 2 nitrogen and oxygen atoms in total. The molecular formula is C13H17NOS. The Hall–Kier alpha value is -0.960. The molecule has 1 aromatic carbocycles. The molecule has 0 radical (unpaired) electrons. The molecule has 2 rings (SSSR count). The smallest absolute Gasteiger partial charge is 0.233 e. The lowest BCUT2D eigenvalue weighted by atomic mass is 10.0. The molecule has 0 spiro atoms. The Balaban J connectivity index is 2.19. The number of hydrogen-bond donors (Lipinski definition) is 0. The Kier molecular flexibility index (Phi) is 3.24. The minimum absolute atomic E-state index is 0.203. The van der Waals surface area contributed by atoms with Gasteiger partial charge in [0.1, 0.15) is 5.37 Å². The first-order chi connectivity index (χ1) is 7.59. The lowest BCUT2D eigenvalue weighted by molar-refractivity contribution is -0.126. The number of rotatable bonds is 2. The highest BCUT2D eigenvalue weighted by Gasteiger charge is 2.29. The van der Waals surface area contributed by atoms with Crippen LogP contribution in [0, 0.1) is 0 Å². The van der Waals surface area contributed by atoms with Gasteiger partial charge in [0.15, 0.2) is 0 Å². The Morgan fingerprint density at radius 1 is 1.31 bits per heavy atom. The summed E-state index contributed by atoms with van der Waals surface area (Å²) in [7, 11) is 1.88. The third-order valence-corrected chi connectivity index (χ3v) is 4.32. The molecule has 1 amide bonds.